The van der Waals surface area contributed by atoms with Gasteiger partial charge in [0.05, 0.1) is 12.7 Å². The second-order valence-electron chi connectivity index (χ2n) is 5.88. The molecule has 1 aromatic carbocycles. The highest BCUT2D eigenvalue weighted by atomic mass is 16.5. The van der Waals surface area contributed by atoms with Crippen LogP contribution in [0.5, 0.6) is 11.5 Å². The van der Waals surface area contributed by atoms with Crippen LogP contribution in [0.15, 0.2) is 18.2 Å². The molecule has 1 aromatic rings. The van der Waals surface area contributed by atoms with Gasteiger partial charge in [0.15, 0.2) is 17.3 Å². The smallest absolute Gasteiger partial charge is 0.172 e. The van der Waals surface area contributed by atoms with Crippen molar-refractivity contribution in [3.63, 3.8) is 0 Å². The second-order valence-corrected chi connectivity index (χ2v) is 5.88. The Labute approximate surface area is 127 Å². The Bertz CT molecular complexity index is 501. The van der Waals surface area contributed by atoms with Crippen LogP contribution in [-0.4, -0.2) is 44.0 Å². The minimum atomic E-state index is -0.00291. The number of benzene rings is 1. The Morgan fingerprint density at radius 1 is 1.43 bits per heavy atom. The molecule has 0 amide bonds. The van der Waals surface area contributed by atoms with Gasteiger partial charge >= 0.3 is 0 Å². The largest absolute Gasteiger partial charge is 0.493 e. The van der Waals surface area contributed by atoms with Crippen LogP contribution in [0, 0.1) is 5.92 Å². The summed E-state index contributed by atoms with van der Waals surface area (Å²) >= 11 is 0. The van der Waals surface area contributed by atoms with Crippen LogP contribution < -0.4 is 9.47 Å². The summed E-state index contributed by atoms with van der Waals surface area (Å²) < 4.78 is 11.5. The van der Waals surface area contributed by atoms with Crippen molar-refractivity contribution in [2.24, 2.45) is 5.92 Å². The van der Waals surface area contributed by atoms with Gasteiger partial charge in [0.1, 0.15) is 6.10 Å². The summed E-state index contributed by atoms with van der Waals surface area (Å²) in [5.41, 5.74) is 0.588. The predicted octanol–water partition coefficient (Wildman–Crippen LogP) is 3.01. The van der Waals surface area contributed by atoms with Crippen molar-refractivity contribution in [2.75, 3.05) is 27.2 Å². The summed E-state index contributed by atoms with van der Waals surface area (Å²) in [5, 5.41) is 0. The first-order valence-electron chi connectivity index (χ1n) is 7.56. The molecule has 1 aliphatic rings. The van der Waals surface area contributed by atoms with Crippen molar-refractivity contribution in [3.05, 3.63) is 23.8 Å². The van der Waals surface area contributed by atoms with E-state index in [2.05, 4.69) is 18.9 Å². The lowest BCUT2D eigenvalue weighted by Gasteiger charge is -2.34. The average molecular weight is 291 g/mol. The van der Waals surface area contributed by atoms with E-state index >= 15 is 0 Å². The fourth-order valence-corrected chi connectivity index (χ4v) is 2.95. The Morgan fingerprint density at radius 2 is 2.19 bits per heavy atom. The van der Waals surface area contributed by atoms with Crippen LogP contribution in [0.2, 0.25) is 0 Å². The molecule has 0 aliphatic carbocycles. The molecule has 0 spiro atoms. The lowest BCUT2D eigenvalue weighted by molar-refractivity contribution is 0.0850. The van der Waals surface area contributed by atoms with Crippen molar-refractivity contribution in [1.29, 1.82) is 0 Å². The fraction of sp³-hybridized carbons (Fsp3) is 0.588. The number of hydrogen-bond acceptors (Lipinski definition) is 4. The van der Waals surface area contributed by atoms with Crippen molar-refractivity contribution >= 4 is 5.78 Å². The molecular formula is C17H25NO3. The molecule has 1 fully saturated rings. The predicted molar refractivity (Wildman–Crippen MR) is 83.3 cm³/mol. The Hall–Kier alpha value is -1.55. The number of rotatable bonds is 5. The Balaban J connectivity index is 2.19. The molecule has 116 valence electrons. The lowest BCUT2D eigenvalue weighted by atomic mass is 9.93. The molecule has 4 nitrogen and oxygen atoms in total. The van der Waals surface area contributed by atoms with E-state index in [1.54, 1.807) is 20.1 Å². The normalized spacial score (nSPS) is 20.9. The van der Waals surface area contributed by atoms with E-state index in [1.807, 2.05) is 12.1 Å². The maximum Gasteiger partial charge on any atom is 0.172 e. The summed E-state index contributed by atoms with van der Waals surface area (Å²) in [6.07, 6.45) is 2.42. The van der Waals surface area contributed by atoms with Crippen LogP contribution in [0.25, 0.3) is 0 Å². The number of nitrogens with zero attached hydrogens (tertiary/aromatic N) is 1. The second kappa shape index (κ2) is 6.94. The topological polar surface area (TPSA) is 38.8 Å². The molecule has 4 heteroatoms. The third kappa shape index (κ3) is 3.76. The summed E-state index contributed by atoms with van der Waals surface area (Å²) in [6.45, 7) is 5.82. The van der Waals surface area contributed by atoms with Gasteiger partial charge in [0, 0.05) is 12.5 Å². The highest BCUT2D eigenvalue weighted by Gasteiger charge is 2.26. The molecule has 2 unspecified atom stereocenters. The highest BCUT2D eigenvalue weighted by molar-refractivity contribution is 5.97. The average Bonchev–Trinajstić information content (AvgIpc) is 2.47. The van der Waals surface area contributed by atoms with Crippen molar-refractivity contribution < 1.29 is 14.3 Å². The van der Waals surface area contributed by atoms with Gasteiger partial charge in [-0.3, -0.25) is 4.79 Å². The third-order valence-corrected chi connectivity index (χ3v) is 4.21. The molecule has 1 saturated heterocycles. The zero-order valence-electron chi connectivity index (χ0n) is 13.4. The molecule has 0 saturated carbocycles. The van der Waals surface area contributed by atoms with Crippen LogP contribution in [0.1, 0.15) is 37.0 Å². The van der Waals surface area contributed by atoms with Crippen molar-refractivity contribution in [2.45, 2.75) is 32.8 Å². The summed E-state index contributed by atoms with van der Waals surface area (Å²) in [6, 6.07) is 5.45. The molecule has 1 heterocycles. The Morgan fingerprint density at radius 3 is 2.81 bits per heavy atom. The first kappa shape index (κ1) is 15.8. The first-order valence-corrected chi connectivity index (χ1v) is 7.56. The maximum atomic E-state index is 11.8. The molecule has 0 aromatic heterocycles. The number of hydrogen-bond donors (Lipinski definition) is 0. The van der Waals surface area contributed by atoms with Crippen LogP contribution in [0.3, 0.4) is 0 Å². The molecule has 2 atom stereocenters. The van der Waals surface area contributed by atoms with Crippen LogP contribution >= 0.6 is 0 Å². The van der Waals surface area contributed by atoms with Gasteiger partial charge in [-0.1, -0.05) is 6.07 Å². The number of carbonyl (C=O) groups is 1. The third-order valence-electron chi connectivity index (χ3n) is 4.21. The number of carbonyl (C=O) groups excluding carboxylic acids is 1. The number of ether oxygens (including phenoxy) is 2. The van der Waals surface area contributed by atoms with Gasteiger partial charge in [-0.2, -0.15) is 0 Å². The van der Waals surface area contributed by atoms with E-state index in [0.29, 0.717) is 23.0 Å². The van der Waals surface area contributed by atoms with Gasteiger partial charge < -0.3 is 14.4 Å². The lowest BCUT2D eigenvalue weighted by Crippen LogP contribution is -2.39. The molecular weight excluding hydrogens is 266 g/mol. The highest BCUT2D eigenvalue weighted by Crippen LogP contribution is 2.34. The first-order chi connectivity index (χ1) is 10.0. The zero-order valence-corrected chi connectivity index (χ0v) is 13.4. The number of para-hydroxylation sites is 1. The molecule has 1 aliphatic heterocycles. The van der Waals surface area contributed by atoms with E-state index in [1.165, 1.54) is 6.42 Å². The molecule has 0 N–H and O–H groups in total. The number of methoxy groups -OCH3 is 1. The van der Waals surface area contributed by atoms with Gasteiger partial charge in [0.25, 0.3) is 0 Å². The molecule has 2 rings (SSSR count). The quantitative estimate of drug-likeness (QED) is 0.782. The number of ketones is 1. The molecule has 0 radical (unpaired) electrons. The van der Waals surface area contributed by atoms with E-state index in [4.69, 9.17) is 9.47 Å². The maximum absolute atomic E-state index is 11.8. The van der Waals surface area contributed by atoms with E-state index in [0.717, 1.165) is 19.5 Å². The van der Waals surface area contributed by atoms with Crippen molar-refractivity contribution in [1.82, 2.24) is 4.90 Å². The molecule has 21 heavy (non-hydrogen) atoms. The number of piperidine rings is 1. The minimum absolute atomic E-state index is 0.00291. The summed E-state index contributed by atoms with van der Waals surface area (Å²) in [4.78, 5) is 14.1. The van der Waals surface area contributed by atoms with Gasteiger partial charge in [-0.15, -0.1) is 0 Å². The number of Topliss-reactive ketones (excluding diaryl/α,β-unsaturated/α-hetero) is 1. The van der Waals surface area contributed by atoms with E-state index < -0.39 is 0 Å². The van der Waals surface area contributed by atoms with Crippen molar-refractivity contribution in [3.8, 4) is 11.5 Å². The number of likely N-dealkylation sites (tertiary alicyclic amines) is 1. The monoisotopic (exact) mass is 291 g/mol. The summed E-state index contributed by atoms with van der Waals surface area (Å²) in [7, 11) is 3.74. The van der Waals surface area contributed by atoms with Gasteiger partial charge in [-0.25, -0.2) is 0 Å². The minimum Gasteiger partial charge on any atom is -0.493 e. The fourth-order valence-electron chi connectivity index (χ4n) is 2.95. The Kier molecular flexibility index (Phi) is 5.23. The van der Waals surface area contributed by atoms with E-state index in [9.17, 15) is 4.79 Å². The van der Waals surface area contributed by atoms with Crippen LogP contribution in [-0.2, 0) is 0 Å². The van der Waals surface area contributed by atoms with Gasteiger partial charge in [-0.05, 0) is 52.4 Å². The van der Waals surface area contributed by atoms with Gasteiger partial charge in [0.2, 0.25) is 0 Å². The zero-order chi connectivity index (χ0) is 15.4. The van der Waals surface area contributed by atoms with Crippen LogP contribution in [0.4, 0.5) is 0 Å². The van der Waals surface area contributed by atoms with E-state index in [-0.39, 0.29) is 11.9 Å². The standard InChI is InChI=1S/C17H25NO3/c1-12(19)15-8-5-9-16(20-4)17(15)21-13(2)14-7-6-10-18(3)11-14/h5,8-9,13-14H,6-7,10-11H2,1-4H3. The molecule has 0 bridgehead atoms. The summed E-state index contributed by atoms with van der Waals surface area (Å²) in [5.74, 6) is 1.68. The SMILES string of the molecule is COc1cccc(C(C)=O)c1OC(C)C1CCCN(C)C1.